The van der Waals surface area contributed by atoms with E-state index in [1.807, 2.05) is 0 Å². The predicted molar refractivity (Wildman–Crippen MR) is 116 cm³/mol. The van der Waals surface area contributed by atoms with E-state index in [1.165, 1.54) is 18.2 Å². The number of benzene rings is 2. The van der Waals surface area contributed by atoms with Crippen molar-refractivity contribution in [2.24, 2.45) is 5.73 Å². The van der Waals surface area contributed by atoms with E-state index in [9.17, 15) is 26.7 Å². The van der Waals surface area contributed by atoms with Gasteiger partial charge in [-0.05, 0) is 50.2 Å². The lowest BCUT2D eigenvalue weighted by Crippen LogP contribution is -2.53. The summed E-state index contributed by atoms with van der Waals surface area (Å²) in [5.41, 5.74) is 4.36. The second-order valence-electron chi connectivity index (χ2n) is 8.43. The molecule has 2 aromatic carbocycles. The van der Waals surface area contributed by atoms with E-state index in [-0.39, 0.29) is 42.5 Å². The highest BCUT2D eigenvalue weighted by molar-refractivity contribution is 5.80. The molecule has 3 aromatic rings. The van der Waals surface area contributed by atoms with E-state index in [4.69, 9.17) is 5.73 Å². The van der Waals surface area contributed by atoms with Crippen LogP contribution in [0, 0.1) is 11.6 Å². The molecule has 0 bridgehead atoms. The summed E-state index contributed by atoms with van der Waals surface area (Å²) in [6, 6.07) is 7.88. The molecule has 180 valence electrons. The summed E-state index contributed by atoms with van der Waals surface area (Å²) < 4.78 is 69.0. The van der Waals surface area contributed by atoms with Crippen LogP contribution >= 0.6 is 0 Å². The molecule has 0 saturated heterocycles. The fourth-order valence-corrected chi connectivity index (χ4v) is 4.17. The van der Waals surface area contributed by atoms with Crippen LogP contribution in [0.5, 0.6) is 0 Å². The lowest BCUT2D eigenvalue weighted by Gasteiger charge is -2.42. The molecular formula is C23H22F5N5O. The number of hydrogen-bond acceptors (Lipinski definition) is 4. The largest absolute Gasteiger partial charge is 0.416 e. The number of fused-ring (bicyclic) bond motifs is 1. The van der Waals surface area contributed by atoms with Crippen LogP contribution in [-0.4, -0.2) is 33.4 Å². The van der Waals surface area contributed by atoms with Gasteiger partial charge in [0.15, 0.2) is 11.6 Å². The summed E-state index contributed by atoms with van der Waals surface area (Å²) in [4.78, 5) is 18.6. The molecule has 3 N–H and O–H groups in total. The Labute approximate surface area is 192 Å². The first-order valence-electron chi connectivity index (χ1n) is 10.4. The molecule has 0 unspecified atom stereocenters. The third-order valence-corrected chi connectivity index (χ3v) is 5.86. The summed E-state index contributed by atoms with van der Waals surface area (Å²) in [7, 11) is 0. The highest BCUT2D eigenvalue weighted by Gasteiger charge is 2.41. The Morgan fingerprint density at radius 1 is 1.12 bits per heavy atom. The number of nitrogens with zero attached hydrogens (tertiary/aromatic N) is 3. The molecule has 2 heterocycles. The van der Waals surface area contributed by atoms with Crippen LogP contribution in [0.3, 0.4) is 0 Å². The number of imidazole rings is 1. The molecule has 1 aliphatic rings. The van der Waals surface area contributed by atoms with Crippen molar-refractivity contribution in [2.45, 2.75) is 32.1 Å². The summed E-state index contributed by atoms with van der Waals surface area (Å²) in [6.45, 7) is 3.88. The number of nitrogens with one attached hydrogen (secondary N) is 1. The van der Waals surface area contributed by atoms with Crippen molar-refractivity contribution in [2.75, 3.05) is 18.4 Å². The van der Waals surface area contributed by atoms with Crippen molar-refractivity contribution in [1.82, 2.24) is 14.5 Å². The minimum Gasteiger partial charge on any atom is -0.340 e. The van der Waals surface area contributed by atoms with Gasteiger partial charge < -0.3 is 20.5 Å². The predicted octanol–water partition coefficient (Wildman–Crippen LogP) is 4.63. The number of alkyl halides is 3. The van der Waals surface area contributed by atoms with Crippen molar-refractivity contribution in [3.63, 3.8) is 0 Å². The number of rotatable bonds is 4. The molecule has 34 heavy (non-hydrogen) atoms. The number of amides is 1. The number of carbonyl (C=O) groups is 1. The number of halogens is 5. The van der Waals surface area contributed by atoms with Gasteiger partial charge in [0.05, 0.1) is 17.6 Å². The Morgan fingerprint density at radius 2 is 1.85 bits per heavy atom. The second kappa shape index (κ2) is 8.39. The average Bonchev–Trinajstić information content (AvgIpc) is 3.14. The number of aromatic nitrogens is 2. The van der Waals surface area contributed by atoms with Gasteiger partial charge in [0.25, 0.3) is 0 Å². The van der Waals surface area contributed by atoms with Crippen LogP contribution in [0.4, 0.5) is 33.5 Å². The third kappa shape index (κ3) is 4.11. The van der Waals surface area contributed by atoms with Gasteiger partial charge in [-0.2, -0.15) is 13.2 Å². The van der Waals surface area contributed by atoms with E-state index in [0.29, 0.717) is 11.6 Å². The van der Waals surface area contributed by atoms with Gasteiger partial charge in [0, 0.05) is 24.3 Å². The van der Waals surface area contributed by atoms with Crippen molar-refractivity contribution < 1.29 is 26.7 Å². The Balaban J connectivity index is 1.88. The molecule has 1 amide bonds. The lowest BCUT2D eigenvalue weighted by molar-refractivity contribution is -0.138. The maximum absolute atomic E-state index is 14.0. The summed E-state index contributed by atoms with van der Waals surface area (Å²) in [5, 5.41) is 2.98. The molecule has 0 saturated carbocycles. The quantitative estimate of drug-likeness (QED) is 0.536. The molecule has 0 radical (unpaired) electrons. The van der Waals surface area contributed by atoms with Crippen molar-refractivity contribution in [3.05, 3.63) is 65.5 Å². The zero-order chi connectivity index (χ0) is 24.8. The number of hydrogen-bond donors (Lipinski definition) is 2. The normalized spacial score (nSPS) is 15.2. The first-order valence-corrected chi connectivity index (χ1v) is 10.4. The zero-order valence-electron chi connectivity index (χ0n) is 18.4. The van der Waals surface area contributed by atoms with Crippen LogP contribution in [0.25, 0.3) is 11.3 Å². The third-order valence-electron chi connectivity index (χ3n) is 5.86. The summed E-state index contributed by atoms with van der Waals surface area (Å²) in [5.74, 6) is -1.70. The van der Waals surface area contributed by atoms with Crippen molar-refractivity contribution in [3.8, 4) is 11.3 Å². The van der Waals surface area contributed by atoms with Crippen LogP contribution in [-0.2, 0) is 23.1 Å². The van der Waals surface area contributed by atoms with E-state index in [1.54, 1.807) is 23.3 Å². The Morgan fingerprint density at radius 3 is 2.50 bits per heavy atom. The standard InChI is InChI=1S/C23H22F5N5O/c1-22(2)21-31-19(13-6-7-16(24)17(25)10-13)20(32(21)8-9-33(22)18(34)12-29)30-15-5-3-4-14(11-15)23(26,27)28/h3-7,10-11,30H,8-9,12,29H2,1-2H3. The highest BCUT2D eigenvalue weighted by atomic mass is 19.4. The minimum atomic E-state index is -4.54. The number of nitrogens with two attached hydrogens (primary N) is 1. The van der Waals surface area contributed by atoms with Gasteiger partial charge in [0.1, 0.15) is 17.3 Å². The maximum atomic E-state index is 14.0. The topological polar surface area (TPSA) is 76.2 Å². The molecule has 0 atom stereocenters. The minimum absolute atomic E-state index is 0.139. The molecule has 0 spiro atoms. The number of carbonyl (C=O) groups excluding carboxylic acids is 1. The van der Waals surface area contributed by atoms with Gasteiger partial charge in [-0.25, -0.2) is 13.8 Å². The molecular weight excluding hydrogens is 457 g/mol. The summed E-state index contributed by atoms with van der Waals surface area (Å²) in [6.07, 6.45) is -4.54. The van der Waals surface area contributed by atoms with Crippen LogP contribution in [0.15, 0.2) is 42.5 Å². The van der Waals surface area contributed by atoms with Crippen LogP contribution < -0.4 is 11.1 Å². The van der Waals surface area contributed by atoms with Crippen molar-refractivity contribution >= 4 is 17.4 Å². The molecule has 4 rings (SSSR count). The zero-order valence-corrected chi connectivity index (χ0v) is 18.4. The molecule has 1 aliphatic heterocycles. The Hall–Kier alpha value is -3.47. The van der Waals surface area contributed by atoms with E-state index >= 15 is 0 Å². The molecule has 11 heteroatoms. The molecule has 0 fully saturated rings. The fraction of sp³-hybridized carbons (Fsp3) is 0.304. The fourth-order valence-electron chi connectivity index (χ4n) is 4.17. The van der Waals surface area contributed by atoms with E-state index in [2.05, 4.69) is 10.3 Å². The van der Waals surface area contributed by atoms with Crippen LogP contribution in [0.2, 0.25) is 0 Å². The van der Waals surface area contributed by atoms with Gasteiger partial charge in [-0.1, -0.05) is 6.07 Å². The average molecular weight is 479 g/mol. The van der Waals surface area contributed by atoms with Crippen LogP contribution in [0.1, 0.15) is 25.2 Å². The smallest absolute Gasteiger partial charge is 0.340 e. The maximum Gasteiger partial charge on any atom is 0.416 e. The Bertz CT molecular complexity index is 1250. The van der Waals surface area contributed by atoms with Gasteiger partial charge in [-0.3, -0.25) is 4.79 Å². The molecule has 1 aromatic heterocycles. The van der Waals surface area contributed by atoms with E-state index < -0.39 is 28.9 Å². The van der Waals surface area contributed by atoms with Crippen molar-refractivity contribution in [1.29, 1.82) is 0 Å². The first-order chi connectivity index (χ1) is 15.9. The summed E-state index contributed by atoms with van der Waals surface area (Å²) >= 11 is 0. The Kier molecular flexibility index (Phi) is 5.84. The van der Waals surface area contributed by atoms with Gasteiger partial charge >= 0.3 is 6.18 Å². The lowest BCUT2D eigenvalue weighted by atomic mass is 9.99. The van der Waals surface area contributed by atoms with Gasteiger partial charge in [0.2, 0.25) is 5.91 Å². The van der Waals surface area contributed by atoms with Gasteiger partial charge in [-0.15, -0.1) is 0 Å². The number of anilines is 2. The highest BCUT2D eigenvalue weighted by Crippen LogP contribution is 2.40. The monoisotopic (exact) mass is 479 g/mol. The molecule has 0 aliphatic carbocycles. The SMILES string of the molecule is CC1(C)c2nc(-c3ccc(F)c(F)c3)c(Nc3cccc(C(F)(F)F)c3)n2CCN1C(=O)CN. The molecule has 6 nitrogen and oxygen atoms in total. The first kappa shape index (κ1) is 23.7. The second-order valence-corrected chi connectivity index (χ2v) is 8.43. The van der Waals surface area contributed by atoms with E-state index in [0.717, 1.165) is 24.3 Å².